The van der Waals surface area contributed by atoms with E-state index in [-0.39, 0.29) is 5.56 Å². The number of rotatable bonds is 2. The highest BCUT2D eigenvalue weighted by Crippen LogP contribution is 2.19. The molecule has 0 amide bonds. The number of aromatic nitrogens is 3. The Morgan fingerprint density at radius 1 is 1.42 bits per heavy atom. The maximum Gasteiger partial charge on any atom is 0.271 e. The molecule has 0 aliphatic rings. The molecule has 96 valence electrons. The molecule has 5 nitrogen and oxygen atoms in total. The molecule has 3 aromatic heterocycles. The first-order chi connectivity index (χ1) is 9.15. The summed E-state index contributed by atoms with van der Waals surface area (Å²) >= 11 is 1.44. The summed E-state index contributed by atoms with van der Waals surface area (Å²) in [5, 5.41) is 1.95. The van der Waals surface area contributed by atoms with Crippen LogP contribution < -0.4 is 11.3 Å². The standard InChI is InChI=1S/C13H12N4OS/c1-8-6-19-12-11(8)16-7-17(13(12)18)5-9-2-3-15-10(14)4-9/h2-4,6-7H,5H2,1H3,(H2,14,15). The van der Waals surface area contributed by atoms with Crippen LogP contribution in [0.4, 0.5) is 5.82 Å². The van der Waals surface area contributed by atoms with E-state index in [2.05, 4.69) is 9.97 Å². The van der Waals surface area contributed by atoms with E-state index in [0.717, 1.165) is 16.6 Å². The van der Waals surface area contributed by atoms with Crippen molar-refractivity contribution in [3.05, 3.63) is 51.5 Å². The van der Waals surface area contributed by atoms with Gasteiger partial charge in [0.05, 0.1) is 18.4 Å². The lowest BCUT2D eigenvalue weighted by Crippen LogP contribution is -2.20. The molecule has 3 heterocycles. The highest BCUT2D eigenvalue weighted by molar-refractivity contribution is 7.17. The monoisotopic (exact) mass is 272 g/mol. The van der Waals surface area contributed by atoms with Crippen molar-refractivity contribution in [3.63, 3.8) is 0 Å². The fourth-order valence-electron chi connectivity index (χ4n) is 1.96. The van der Waals surface area contributed by atoms with Gasteiger partial charge < -0.3 is 5.73 Å². The third kappa shape index (κ3) is 2.10. The van der Waals surface area contributed by atoms with Gasteiger partial charge in [0, 0.05) is 6.20 Å². The average Bonchev–Trinajstić information content (AvgIpc) is 2.76. The molecule has 19 heavy (non-hydrogen) atoms. The molecule has 0 spiro atoms. The number of fused-ring (bicyclic) bond motifs is 1. The maximum atomic E-state index is 12.3. The molecule has 3 aromatic rings. The summed E-state index contributed by atoms with van der Waals surface area (Å²) in [6, 6.07) is 3.60. The van der Waals surface area contributed by atoms with E-state index < -0.39 is 0 Å². The minimum absolute atomic E-state index is 0.0153. The van der Waals surface area contributed by atoms with E-state index in [4.69, 9.17) is 5.73 Å². The van der Waals surface area contributed by atoms with Gasteiger partial charge in [-0.1, -0.05) is 0 Å². The first kappa shape index (κ1) is 11.9. The molecule has 0 fully saturated rings. The van der Waals surface area contributed by atoms with Crippen LogP contribution in [0.5, 0.6) is 0 Å². The van der Waals surface area contributed by atoms with Gasteiger partial charge >= 0.3 is 0 Å². The van der Waals surface area contributed by atoms with Crippen molar-refractivity contribution in [1.29, 1.82) is 0 Å². The molecular weight excluding hydrogens is 260 g/mol. The van der Waals surface area contributed by atoms with Crippen molar-refractivity contribution in [2.75, 3.05) is 5.73 Å². The second-order valence-corrected chi connectivity index (χ2v) is 5.24. The largest absolute Gasteiger partial charge is 0.384 e. The summed E-state index contributed by atoms with van der Waals surface area (Å²) in [5.74, 6) is 0.451. The minimum atomic E-state index is -0.0153. The number of anilines is 1. The zero-order valence-corrected chi connectivity index (χ0v) is 11.1. The van der Waals surface area contributed by atoms with Gasteiger partial charge in [-0.15, -0.1) is 11.3 Å². The number of hydrogen-bond donors (Lipinski definition) is 1. The van der Waals surface area contributed by atoms with Crippen LogP contribution in [0.2, 0.25) is 0 Å². The molecule has 6 heteroatoms. The quantitative estimate of drug-likeness (QED) is 0.772. The Balaban J connectivity index is 2.06. The molecule has 0 radical (unpaired) electrons. The van der Waals surface area contributed by atoms with Gasteiger partial charge in [0.2, 0.25) is 0 Å². The van der Waals surface area contributed by atoms with Gasteiger partial charge in [0.15, 0.2) is 0 Å². The lowest BCUT2D eigenvalue weighted by molar-refractivity contribution is 0.749. The van der Waals surface area contributed by atoms with Crippen LogP contribution >= 0.6 is 11.3 Å². The van der Waals surface area contributed by atoms with Gasteiger partial charge in [-0.2, -0.15) is 0 Å². The highest BCUT2D eigenvalue weighted by Gasteiger charge is 2.08. The van der Waals surface area contributed by atoms with Crippen LogP contribution in [0.3, 0.4) is 0 Å². The minimum Gasteiger partial charge on any atom is -0.384 e. The molecule has 2 N–H and O–H groups in total. The van der Waals surface area contributed by atoms with Crippen LogP contribution in [0.15, 0.2) is 34.8 Å². The van der Waals surface area contributed by atoms with Gasteiger partial charge in [-0.25, -0.2) is 9.97 Å². The average molecular weight is 272 g/mol. The van der Waals surface area contributed by atoms with E-state index >= 15 is 0 Å². The van der Waals surface area contributed by atoms with Crippen LogP contribution in [-0.4, -0.2) is 14.5 Å². The summed E-state index contributed by atoms with van der Waals surface area (Å²) in [7, 11) is 0. The van der Waals surface area contributed by atoms with Crippen molar-refractivity contribution in [3.8, 4) is 0 Å². The number of pyridine rings is 1. The first-order valence-electron chi connectivity index (χ1n) is 5.79. The van der Waals surface area contributed by atoms with Gasteiger partial charge in [-0.3, -0.25) is 9.36 Å². The summed E-state index contributed by atoms with van der Waals surface area (Å²) in [4.78, 5) is 20.6. The summed E-state index contributed by atoms with van der Waals surface area (Å²) in [5.41, 5.74) is 8.38. The molecule has 0 saturated carbocycles. The Labute approximate surface area is 113 Å². The predicted octanol–water partition coefficient (Wildman–Crippen LogP) is 1.79. The molecule has 0 aliphatic heterocycles. The number of nitrogens with zero attached hydrogens (tertiary/aromatic N) is 3. The van der Waals surface area contributed by atoms with Crippen molar-refractivity contribution in [2.45, 2.75) is 13.5 Å². The zero-order chi connectivity index (χ0) is 13.4. The molecule has 0 saturated heterocycles. The Bertz CT molecular complexity index is 806. The fourth-order valence-corrected chi connectivity index (χ4v) is 2.91. The molecule has 3 rings (SSSR count). The van der Waals surface area contributed by atoms with Crippen molar-refractivity contribution < 1.29 is 0 Å². The number of nitrogens with two attached hydrogens (primary N) is 1. The highest BCUT2D eigenvalue weighted by atomic mass is 32.1. The topological polar surface area (TPSA) is 73.8 Å². The lowest BCUT2D eigenvalue weighted by Gasteiger charge is -2.05. The summed E-state index contributed by atoms with van der Waals surface area (Å²) in [6.45, 7) is 2.41. The molecule has 0 bridgehead atoms. The van der Waals surface area contributed by atoms with E-state index in [0.29, 0.717) is 17.1 Å². The van der Waals surface area contributed by atoms with Crippen LogP contribution in [0.1, 0.15) is 11.1 Å². The van der Waals surface area contributed by atoms with E-state index in [1.54, 1.807) is 23.2 Å². The Morgan fingerprint density at radius 3 is 3.05 bits per heavy atom. The third-order valence-corrected chi connectivity index (χ3v) is 4.00. The van der Waals surface area contributed by atoms with Crippen LogP contribution in [-0.2, 0) is 6.54 Å². The van der Waals surface area contributed by atoms with Gasteiger partial charge in [0.25, 0.3) is 5.56 Å². The molecule has 0 atom stereocenters. The normalized spacial score (nSPS) is 11.0. The molecule has 0 unspecified atom stereocenters. The van der Waals surface area contributed by atoms with E-state index in [1.807, 2.05) is 18.4 Å². The smallest absolute Gasteiger partial charge is 0.271 e. The Hall–Kier alpha value is -2.21. The number of thiophene rings is 1. The van der Waals surface area contributed by atoms with Crippen molar-refractivity contribution in [2.24, 2.45) is 0 Å². The zero-order valence-electron chi connectivity index (χ0n) is 10.3. The van der Waals surface area contributed by atoms with Crippen molar-refractivity contribution >= 4 is 27.4 Å². The van der Waals surface area contributed by atoms with Crippen LogP contribution in [0, 0.1) is 6.92 Å². The second-order valence-electron chi connectivity index (χ2n) is 4.36. The summed E-state index contributed by atoms with van der Waals surface area (Å²) in [6.07, 6.45) is 3.22. The second kappa shape index (κ2) is 4.47. The number of aryl methyl sites for hydroxylation is 1. The maximum absolute atomic E-state index is 12.3. The first-order valence-corrected chi connectivity index (χ1v) is 6.67. The Kier molecular flexibility index (Phi) is 2.79. The predicted molar refractivity (Wildman–Crippen MR) is 76.4 cm³/mol. The molecule has 0 aromatic carbocycles. The van der Waals surface area contributed by atoms with Gasteiger partial charge in [0.1, 0.15) is 10.5 Å². The van der Waals surface area contributed by atoms with E-state index in [9.17, 15) is 4.79 Å². The van der Waals surface area contributed by atoms with Crippen molar-refractivity contribution in [1.82, 2.24) is 14.5 Å². The van der Waals surface area contributed by atoms with E-state index in [1.165, 1.54) is 11.3 Å². The summed E-state index contributed by atoms with van der Waals surface area (Å²) < 4.78 is 2.29. The lowest BCUT2D eigenvalue weighted by atomic mass is 10.2. The Morgan fingerprint density at radius 2 is 2.26 bits per heavy atom. The molecular formula is C13H12N4OS. The SMILES string of the molecule is Cc1csc2c(=O)n(Cc3ccnc(N)c3)cnc12. The fraction of sp³-hybridized carbons (Fsp3) is 0.154. The van der Waals surface area contributed by atoms with Gasteiger partial charge in [-0.05, 0) is 35.6 Å². The number of hydrogen-bond acceptors (Lipinski definition) is 5. The molecule has 0 aliphatic carbocycles. The third-order valence-electron chi connectivity index (χ3n) is 2.92. The number of nitrogen functional groups attached to an aromatic ring is 1. The van der Waals surface area contributed by atoms with Crippen LogP contribution in [0.25, 0.3) is 10.2 Å².